The Morgan fingerprint density at radius 2 is 1.56 bits per heavy atom. The van der Waals surface area contributed by atoms with Crippen molar-refractivity contribution in [2.45, 2.75) is 122 Å². The molecule has 2 aromatic carbocycles. The van der Waals surface area contributed by atoms with E-state index in [1.165, 1.54) is 18.2 Å². The molecule has 8 nitrogen and oxygen atoms in total. The Balaban J connectivity index is 1.84. The van der Waals surface area contributed by atoms with Crippen LogP contribution in [0.3, 0.4) is 0 Å². The summed E-state index contributed by atoms with van der Waals surface area (Å²) in [5.74, 6) is -0.833. The lowest BCUT2D eigenvalue weighted by molar-refractivity contribution is -0.168. The Morgan fingerprint density at radius 3 is 2.15 bits per heavy atom. The number of rotatable bonds is 15. The standard InChI is InChI=1S/C37H52F3N3O5/c1-9-10-11-12-23-13-16-26(28(17-23)37(38,39)40)27-18-24-14-15-25(19-30(24)46-31(27)44)47-33(2,3)21-34(4,5)48-32(45)29(35(6,7)42)20-36(8,43)22-41/h13-19,29H,9-12,20-22,41-43H2,1-8H3. The van der Waals surface area contributed by atoms with Gasteiger partial charge in [-0.15, -0.1) is 0 Å². The van der Waals surface area contributed by atoms with Crippen molar-refractivity contribution in [3.05, 3.63) is 64.0 Å². The maximum Gasteiger partial charge on any atom is 0.417 e. The molecule has 1 heterocycles. The summed E-state index contributed by atoms with van der Waals surface area (Å²) in [5, 5.41) is 0.434. The van der Waals surface area contributed by atoms with Crippen LogP contribution in [0.15, 0.2) is 51.7 Å². The minimum absolute atomic E-state index is 0.158. The summed E-state index contributed by atoms with van der Waals surface area (Å²) in [6, 6.07) is 10.3. The van der Waals surface area contributed by atoms with Gasteiger partial charge in [-0.25, -0.2) is 4.79 Å². The second kappa shape index (κ2) is 14.6. The highest BCUT2D eigenvalue weighted by atomic mass is 19.4. The van der Waals surface area contributed by atoms with Crippen molar-refractivity contribution in [2.75, 3.05) is 6.54 Å². The predicted molar refractivity (Wildman–Crippen MR) is 184 cm³/mol. The molecule has 0 bridgehead atoms. The molecule has 2 unspecified atom stereocenters. The van der Waals surface area contributed by atoms with Crippen molar-refractivity contribution >= 4 is 16.9 Å². The topological polar surface area (TPSA) is 144 Å². The van der Waals surface area contributed by atoms with Crippen molar-refractivity contribution in [1.29, 1.82) is 0 Å². The molecule has 3 aromatic rings. The quantitative estimate of drug-likeness (QED) is 0.0854. The number of carbonyl (C=O) groups excluding carboxylic acids is 1. The van der Waals surface area contributed by atoms with Crippen LogP contribution in [0.2, 0.25) is 0 Å². The third-order valence-corrected chi connectivity index (χ3v) is 8.40. The van der Waals surface area contributed by atoms with Gasteiger partial charge in [0.15, 0.2) is 0 Å². The van der Waals surface area contributed by atoms with E-state index in [2.05, 4.69) is 0 Å². The zero-order chi connectivity index (χ0) is 36.3. The van der Waals surface area contributed by atoms with Gasteiger partial charge < -0.3 is 31.1 Å². The van der Waals surface area contributed by atoms with Crippen LogP contribution in [-0.4, -0.2) is 34.8 Å². The number of carbonyl (C=O) groups is 1. The lowest BCUT2D eigenvalue weighted by atomic mass is 9.79. The van der Waals surface area contributed by atoms with Gasteiger partial charge in [-0.1, -0.05) is 31.9 Å². The Hall–Kier alpha value is -3.41. The van der Waals surface area contributed by atoms with Gasteiger partial charge >= 0.3 is 17.8 Å². The fourth-order valence-electron chi connectivity index (χ4n) is 6.10. The second-order valence-electron chi connectivity index (χ2n) is 15.1. The van der Waals surface area contributed by atoms with E-state index >= 15 is 0 Å². The first-order valence-corrected chi connectivity index (χ1v) is 16.4. The predicted octanol–water partition coefficient (Wildman–Crippen LogP) is 7.50. The maximum atomic E-state index is 14.1. The van der Waals surface area contributed by atoms with Gasteiger partial charge in [-0.05, 0) is 97.6 Å². The van der Waals surface area contributed by atoms with E-state index in [0.717, 1.165) is 25.3 Å². The summed E-state index contributed by atoms with van der Waals surface area (Å²) in [6.07, 6.45) is -0.949. The SMILES string of the molecule is CCCCCc1ccc(-c2cc3ccc(OC(C)(C)CC(C)(C)OC(=O)C(CC(C)(N)CN)C(C)(C)N)cc3oc2=O)c(C(F)(F)F)c1. The summed E-state index contributed by atoms with van der Waals surface area (Å²) in [4.78, 5) is 26.4. The molecule has 0 radical (unpaired) electrons. The normalized spacial score (nSPS) is 14.9. The first-order chi connectivity index (χ1) is 22.0. The zero-order valence-corrected chi connectivity index (χ0v) is 29.5. The number of hydrogen-bond acceptors (Lipinski definition) is 8. The number of ether oxygens (including phenoxy) is 2. The second-order valence-corrected chi connectivity index (χ2v) is 15.1. The van der Waals surface area contributed by atoms with Gasteiger partial charge in [0.05, 0.1) is 17.0 Å². The number of unbranched alkanes of at least 4 members (excludes halogenated alkanes) is 2. The van der Waals surface area contributed by atoms with E-state index < -0.39 is 51.5 Å². The number of halogens is 3. The maximum absolute atomic E-state index is 14.1. The van der Waals surface area contributed by atoms with Crippen molar-refractivity contribution < 1.29 is 31.9 Å². The molecule has 6 N–H and O–H groups in total. The minimum Gasteiger partial charge on any atom is -0.488 e. The van der Waals surface area contributed by atoms with Gasteiger partial charge in [-0.3, -0.25) is 4.79 Å². The average Bonchev–Trinajstić information content (AvgIpc) is 2.93. The van der Waals surface area contributed by atoms with Gasteiger partial charge in [0, 0.05) is 41.1 Å². The fraction of sp³-hybridized carbons (Fsp3) is 0.568. The molecule has 48 heavy (non-hydrogen) atoms. The van der Waals surface area contributed by atoms with E-state index in [4.69, 9.17) is 31.1 Å². The van der Waals surface area contributed by atoms with Crippen LogP contribution in [0.1, 0.15) is 98.6 Å². The van der Waals surface area contributed by atoms with Crippen LogP contribution >= 0.6 is 0 Å². The van der Waals surface area contributed by atoms with Crippen LogP contribution in [0.4, 0.5) is 13.2 Å². The molecule has 1 aromatic heterocycles. The monoisotopic (exact) mass is 675 g/mol. The van der Waals surface area contributed by atoms with Crippen molar-refractivity contribution in [3.63, 3.8) is 0 Å². The van der Waals surface area contributed by atoms with E-state index in [1.54, 1.807) is 52.8 Å². The number of fused-ring (bicyclic) bond motifs is 1. The summed E-state index contributed by atoms with van der Waals surface area (Å²) in [5.41, 5.74) is 13.4. The summed E-state index contributed by atoms with van der Waals surface area (Å²) >= 11 is 0. The fourth-order valence-corrected chi connectivity index (χ4v) is 6.10. The van der Waals surface area contributed by atoms with Crippen LogP contribution in [0, 0.1) is 5.92 Å². The first kappa shape index (κ1) is 39.0. The molecule has 0 amide bonds. The minimum atomic E-state index is -4.65. The lowest BCUT2D eigenvalue weighted by Gasteiger charge is -2.39. The summed E-state index contributed by atoms with van der Waals surface area (Å²) in [7, 11) is 0. The molecule has 0 saturated heterocycles. The molecule has 11 heteroatoms. The highest BCUT2D eigenvalue weighted by Crippen LogP contribution is 2.38. The highest BCUT2D eigenvalue weighted by Gasteiger charge is 2.41. The van der Waals surface area contributed by atoms with Crippen molar-refractivity contribution in [1.82, 2.24) is 0 Å². The Morgan fingerprint density at radius 1 is 0.896 bits per heavy atom. The average molecular weight is 676 g/mol. The molecular weight excluding hydrogens is 623 g/mol. The number of hydrogen-bond donors (Lipinski definition) is 3. The number of nitrogens with two attached hydrogens (primary N) is 3. The van der Waals surface area contributed by atoms with Gasteiger partial charge in [0.25, 0.3) is 0 Å². The molecule has 0 aliphatic heterocycles. The molecule has 3 rings (SSSR count). The van der Waals surface area contributed by atoms with Crippen molar-refractivity contribution in [2.24, 2.45) is 23.1 Å². The van der Waals surface area contributed by atoms with Crippen molar-refractivity contribution in [3.8, 4) is 16.9 Å². The van der Waals surface area contributed by atoms with E-state index in [-0.39, 0.29) is 36.1 Å². The molecule has 266 valence electrons. The molecular formula is C37H52F3N3O5. The molecule has 0 aliphatic rings. The van der Waals surface area contributed by atoms with Crippen LogP contribution in [0.25, 0.3) is 22.1 Å². The third-order valence-electron chi connectivity index (χ3n) is 8.40. The molecule has 0 saturated carbocycles. The summed E-state index contributed by atoms with van der Waals surface area (Å²) in [6.45, 7) is 14.6. The van der Waals surface area contributed by atoms with E-state index in [0.29, 0.717) is 23.1 Å². The zero-order valence-electron chi connectivity index (χ0n) is 29.5. The Labute approximate surface area is 281 Å². The third kappa shape index (κ3) is 10.5. The smallest absolute Gasteiger partial charge is 0.417 e. The number of benzene rings is 2. The van der Waals surface area contributed by atoms with E-state index in [1.807, 2.05) is 20.8 Å². The first-order valence-electron chi connectivity index (χ1n) is 16.4. The van der Waals surface area contributed by atoms with Crippen LogP contribution in [-0.2, 0) is 22.1 Å². The molecule has 0 spiro atoms. The van der Waals surface area contributed by atoms with E-state index in [9.17, 15) is 22.8 Å². The molecule has 0 aliphatic carbocycles. The largest absolute Gasteiger partial charge is 0.488 e. The van der Waals surface area contributed by atoms with Crippen LogP contribution in [0.5, 0.6) is 5.75 Å². The Bertz CT molecular complexity index is 1640. The summed E-state index contributed by atoms with van der Waals surface area (Å²) < 4.78 is 60.1. The van der Waals surface area contributed by atoms with Gasteiger partial charge in [0.2, 0.25) is 0 Å². The highest BCUT2D eigenvalue weighted by molar-refractivity contribution is 5.83. The number of esters is 1. The van der Waals surface area contributed by atoms with Gasteiger partial charge in [-0.2, -0.15) is 13.2 Å². The van der Waals surface area contributed by atoms with Crippen LogP contribution < -0.4 is 27.6 Å². The Kier molecular flexibility index (Phi) is 11.9. The van der Waals surface area contributed by atoms with Gasteiger partial charge in [0.1, 0.15) is 22.5 Å². The number of alkyl halides is 3. The lowest BCUT2D eigenvalue weighted by Crippen LogP contribution is -2.54. The molecule has 2 atom stereocenters. The number of aryl methyl sites for hydroxylation is 1. The molecule has 0 fully saturated rings.